The number of aromatic nitrogens is 3. The maximum absolute atomic E-state index is 12.6. The minimum Gasteiger partial charge on any atom is -0.393 e. The van der Waals surface area contributed by atoms with Gasteiger partial charge in [0.2, 0.25) is 0 Å². The zero-order chi connectivity index (χ0) is 26.1. The second-order valence-corrected chi connectivity index (χ2v) is 11.2. The van der Waals surface area contributed by atoms with E-state index in [0.717, 1.165) is 105 Å². The van der Waals surface area contributed by atoms with E-state index in [4.69, 9.17) is 14.8 Å². The number of amides is 1. The van der Waals surface area contributed by atoms with Crippen LogP contribution in [-0.4, -0.2) is 63.6 Å². The highest BCUT2D eigenvalue weighted by atomic mass is 16.5. The summed E-state index contributed by atoms with van der Waals surface area (Å²) in [6, 6.07) is 8.62. The van der Waals surface area contributed by atoms with Crippen molar-refractivity contribution in [2.24, 2.45) is 5.92 Å². The molecule has 2 aromatic heterocycles. The highest BCUT2D eigenvalue weighted by Crippen LogP contribution is 2.30. The van der Waals surface area contributed by atoms with Crippen molar-refractivity contribution >= 4 is 23.2 Å². The van der Waals surface area contributed by atoms with E-state index in [2.05, 4.69) is 22.0 Å². The fraction of sp³-hybridized carbons (Fsp3) is 0.552. The molecular formula is C29H38N6O3. The van der Waals surface area contributed by atoms with E-state index in [9.17, 15) is 9.90 Å². The van der Waals surface area contributed by atoms with Crippen molar-refractivity contribution in [3.8, 4) is 11.1 Å². The molecule has 9 nitrogen and oxygen atoms in total. The fourth-order valence-corrected chi connectivity index (χ4v) is 5.57. The van der Waals surface area contributed by atoms with E-state index in [1.807, 2.05) is 35.8 Å². The summed E-state index contributed by atoms with van der Waals surface area (Å²) in [5, 5.41) is 25.0. The summed E-state index contributed by atoms with van der Waals surface area (Å²) in [6.45, 7) is 4.48. The lowest BCUT2D eigenvalue weighted by Gasteiger charge is -2.27. The van der Waals surface area contributed by atoms with E-state index in [-0.39, 0.29) is 18.1 Å². The average Bonchev–Trinajstić information content (AvgIpc) is 3.64. The third-order valence-electron chi connectivity index (χ3n) is 8.13. The number of nitrogens with one attached hydrogen (secondary N) is 3. The van der Waals surface area contributed by atoms with E-state index in [0.29, 0.717) is 17.5 Å². The van der Waals surface area contributed by atoms with Crippen molar-refractivity contribution in [2.45, 2.75) is 76.5 Å². The molecule has 0 spiro atoms. The molecule has 0 radical (unpaired) electrons. The Morgan fingerprint density at radius 1 is 1.05 bits per heavy atom. The Morgan fingerprint density at radius 2 is 1.82 bits per heavy atom. The minimum atomic E-state index is -0.195. The van der Waals surface area contributed by atoms with Crippen LogP contribution in [0.5, 0.6) is 0 Å². The first-order valence-corrected chi connectivity index (χ1v) is 14.1. The number of aliphatic hydroxyl groups excluding tert-OH is 1. The molecule has 1 aromatic carbocycles. The van der Waals surface area contributed by atoms with Gasteiger partial charge in [-0.25, -0.2) is 4.98 Å². The zero-order valence-corrected chi connectivity index (χ0v) is 22.1. The van der Waals surface area contributed by atoms with Crippen LogP contribution in [0.1, 0.15) is 67.3 Å². The number of carbonyl (C=O) groups excluding carboxylic acids is 1. The molecule has 38 heavy (non-hydrogen) atoms. The van der Waals surface area contributed by atoms with Gasteiger partial charge in [-0.1, -0.05) is 12.1 Å². The summed E-state index contributed by atoms with van der Waals surface area (Å²) in [7, 11) is 0. The van der Waals surface area contributed by atoms with Crippen LogP contribution in [0.3, 0.4) is 0 Å². The van der Waals surface area contributed by atoms with Crippen molar-refractivity contribution in [3.05, 3.63) is 41.6 Å². The van der Waals surface area contributed by atoms with Gasteiger partial charge in [0, 0.05) is 49.0 Å². The third kappa shape index (κ3) is 5.63. The molecule has 9 heteroatoms. The van der Waals surface area contributed by atoms with Gasteiger partial charge in [-0.3, -0.25) is 4.79 Å². The number of carbonyl (C=O) groups is 1. The summed E-state index contributed by atoms with van der Waals surface area (Å²) in [5.74, 6) is 2.28. The van der Waals surface area contributed by atoms with Crippen LogP contribution in [0.4, 0.5) is 11.6 Å². The third-order valence-corrected chi connectivity index (χ3v) is 8.13. The number of aliphatic hydroxyl groups is 1. The maximum atomic E-state index is 12.6. The van der Waals surface area contributed by atoms with E-state index >= 15 is 0 Å². The molecule has 1 aliphatic heterocycles. The van der Waals surface area contributed by atoms with Crippen LogP contribution in [0.2, 0.25) is 0 Å². The quantitative estimate of drug-likeness (QED) is 0.354. The summed E-state index contributed by atoms with van der Waals surface area (Å²) >= 11 is 0. The van der Waals surface area contributed by atoms with Crippen molar-refractivity contribution in [3.63, 3.8) is 0 Å². The molecule has 0 atom stereocenters. The molecule has 3 fully saturated rings. The molecule has 0 unspecified atom stereocenters. The summed E-state index contributed by atoms with van der Waals surface area (Å²) in [5.41, 5.74) is 4.34. The van der Waals surface area contributed by atoms with Gasteiger partial charge in [0.05, 0.1) is 12.3 Å². The highest BCUT2D eigenvalue weighted by molar-refractivity contribution is 5.97. The first-order valence-electron chi connectivity index (χ1n) is 14.1. The highest BCUT2D eigenvalue weighted by Gasteiger charge is 2.25. The second kappa shape index (κ2) is 10.9. The molecule has 2 saturated carbocycles. The Balaban J connectivity index is 1.30. The summed E-state index contributed by atoms with van der Waals surface area (Å²) < 4.78 is 7.41. The Labute approximate surface area is 223 Å². The monoisotopic (exact) mass is 518 g/mol. The fourth-order valence-electron chi connectivity index (χ4n) is 5.57. The van der Waals surface area contributed by atoms with Gasteiger partial charge in [0.15, 0.2) is 5.65 Å². The van der Waals surface area contributed by atoms with Gasteiger partial charge in [-0.15, -0.1) is 0 Å². The number of benzene rings is 1. The van der Waals surface area contributed by atoms with E-state index in [1.54, 1.807) is 0 Å². The van der Waals surface area contributed by atoms with Gasteiger partial charge in [0.1, 0.15) is 11.6 Å². The van der Waals surface area contributed by atoms with E-state index in [1.165, 1.54) is 0 Å². The van der Waals surface area contributed by atoms with Gasteiger partial charge >= 0.3 is 0 Å². The summed E-state index contributed by atoms with van der Waals surface area (Å²) in [4.78, 5) is 17.6. The largest absolute Gasteiger partial charge is 0.393 e. The van der Waals surface area contributed by atoms with Crippen LogP contribution in [0.25, 0.3) is 16.8 Å². The van der Waals surface area contributed by atoms with Crippen LogP contribution >= 0.6 is 0 Å². The van der Waals surface area contributed by atoms with Gasteiger partial charge in [-0.05, 0) is 81.4 Å². The molecule has 4 N–H and O–H groups in total. The molecule has 3 aliphatic rings. The normalized spacial score (nSPS) is 22.4. The lowest BCUT2D eigenvalue weighted by Crippen LogP contribution is -2.28. The standard InChI is InChI=1S/C29H38N6O3/c1-18-14-20(2-9-24(18)29(37)33-22-3-4-22)25-17-31-35-27(30-16-19-10-12-38-13-11-19)15-26(34-28(25)35)32-21-5-7-23(36)8-6-21/h2,9,14-15,17,19,21-23,30,36H,3-8,10-13,16H2,1H3,(H,32,34)(H,33,37)/t21-,23-. The molecule has 1 saturated heterocycles. The van der Waals surface area contributed by atoms with Gasteiger partial charge in [-0.2, -0.15) is 9.61 Å². The lowest BCUT2D eigenvalue weighted by molar-refractivity contribution is 0.0699. The van der Waals surface area contributed by atoms with Crippen molar-refractivity contribution in [2.75, 3.05) is 30.4 Å². The molecule has 0 bridgehead atoms. The SMILES string of the molecule is Cc1cc(-c2cnn3c(NCC4CCOCC4)cc(N[C@H]4CC[C@H](O)CC4)nc23)ccc1C(=O)NC1CC1. The maximum Gasteiger partial charge on any atom is 0.251 e. The number of rotatable bonds is 8. The smallest absolute Gasteiger partial charge is 0.251 e. The number of hydrogen-bond acceptors (Lipinski definition) is 7. The molecule has 3 heterocycles. The molecular weight excluding hydrogens is 480 g/mol. The average molecular weight is 519 g/mol. The molecule has 202 valence electrons. The van der Waals surface area contributed by atoms with Crippen LogP contribution in [-0.2, 0) is 4.74 Å². The molecule has 6 rings (SSSR count). The summed E-state index contributed by atoms with van der Waals surface area (Å²) in [6.07, 6.45) is 9.39. The van der Waals surface area contributed by atoms with E-state index < -0.39 is 0 Å². The minimum absolute atomic E-state index is 0.00164. The van der Waals surface area contributed by atoms with Crippen LogP contribution < -0.4 is 16.0 Å². The lowest BCUT2D eigenvalue weighted by atomic mass is 9.93. The van der Waals surface area contributed by atoms with Crippen molar-refractivity contribution < 1.29 is 14.6 Å². The van der Waals surface area contributed by atoms with Gasteiger partial charge < -0.3 is 25.8 Å². The Bertz CT molecular complexity index is 1290. The van der Waals surface area contributed by atoms with Crippen molar-refractivity contribution in [1.82, 2.24) is 19.9 Å². The predicted octanol–water partition coefficient (Wildman–Crippen LogP) is 4.15. The molecule has 2 aliphatic carbocycles. The first-order chi connectivity index (χ1) is 18.5. The van der Waals surface area contributed by atoms with Gasteiger partial charge in [0.25, 0.3) is 5.91 Å². The first kappa shape index (κ1) is 25.1. The van der Waals surface area contributed by atoms with Crippen LogP contribution in [0.15, 0.2) is 30.5 Å². The zero-order valence-electron chi connectivity index (χ0n) is 22.1. The number of nitrogens with zero attached hydrogens (tertiary/aromatic N) is 3. The second-order valence-electron chi connectivity index (χ2n) is 11.2. The number of ether oxygens (including phenoxy) is 1. The van der Waals surface area contributed by atoms with Crippen molar-refractivity contribution in [1.29, 1.82) is 0 Å². The number of aryl methyl sites for hydroxylation is 1. The topological polar surface area (TPSA) is 113 Å². The Morgan fingerprint density at radius 3 is 2.55 bits per heavy atom. The molecule has 1 amide bonds. The Kier molecular flexibility index (Phi) is 7.21. The number of anilines is 2. The number of fused-ring (bicyclic) bond motifs is 1. The number of hydrogen-bond donors (Lipinski definition) is 4. The molecule has 3 aromatic rings. The predicted molar refractivity (Wildman–Crippen MR) is 148 cm³/mol. The van der Waals surface area contributed by atoms with Crippen LogP contribution in [0, 0.1) is 12.8 Å². The Hall–Kier alpha value is -3.17.